The number of ether oxygens (including phenoxy) is 4. The Hall–Kier alpha value is -1.94. The number of phosphoric ester groups is 2. The average molecular weight is 1580 g/mol. The van der Waals surface area contributed by atoms with Gasteiger partial charge in [-0.3, -0.25) is 37.3 Å². The van der Waals surface area contributed by atoms with Crippen molar-refractivity contribution < 1.29 is 80.2 Å². The highest BCUT2D eigenvalue weighted by Crippen LogP contribution is 2.45. The second kappa shape index (κ2) is 77.6. The third-order valence-corrected chi connectivity index (χ3v) is 23.1. The van der Waals surface area contributed by atoms with Crippen molar-refractivity contribution in [3.8, 4) is 0 Å². The number of esters is 4. The van der Waals surface area contributed by atoms with Crippen LogP contribution >= 0.6 is 15.6 Å². The van der Waals surface area contributed by atoms with Gasteiger partial charge >= 0.3 is 39.5 Å². The molecule has 0 fully saturated rings. The van der Waals surface area contributed by atoms with Crippen molar-refractivity contribution in [2.75, 3.05) is 39.6 Å². The lowest BCUT2D eigenvalue weighted by molar-refractivity contribution is -0.161. The Morgan fingerprint density at radius 3 is 0.657 bits per heavy atom. The van der Waals surface area contributed by atoms with Gasteiger partial charge < -0.3 is 33.8 Å². The number of hydrogen-bond donors (Lipinski definition) is 3. The molecule has 0 spiro atoms. The van der Waals surface area contributed by atoms with Crippen molar-refractivity contribution in [1.29, 1.82) is 0 Å². The second-order valence-corrected chi connectivity index (χ2v) is 36.6. The van der Waals surface area contributed by atoms with E-state index in [0.717, 1.165) is 114 Å². The van der Waals surface area contributed by atoms with Crippen LogP contribution in [0.5, 0.6) is 0 Å². The minimum atomic E-state index is -4.97. The van der Waals surface area contributed by atoms with Gasteiger partial charge in [0.05, 0.1) is 26.4 Å². The molecule has 0 aliphatic heterocycles. The van der Waals surface area contributed by atoms with Gasteiger partial charge in [-0.05, 0) is 49.4 Å². The molecule has 6 atom stereocenters. The Balaban J connectivity index is 5.22. The van der Waals surface area contributed by atoms with Crippen LogP contribution < -0.4 is 0 Å². The summed E-state index contributed by atoms with van der Waals surface area (Å²) in [4.78, 5) is 73.3. The summed E-state index contributed by atoms with van der Waals surface area (Å²) in [6, 6.07) is 0. The molecule has 19 heteroatoms. The molecule has 0 aromatic heterocycles. The molecule has 0 aromatic carbocycles. The van der Waals surface area contributed by atoms with E-state index in [-0.39, 0.29) is 25.7 Å². The number of carbonyl (C=O) groups is 4. The summed E-state index contributed by atoms with van der Waals surface area (Å²) >= 11 is 0. The number of aliphatic hydroxyl groups is 1. The molecule has 0 bridgehead atoms. The largest absolute Gasteiger partial charge is 0.472 e. The lowest BCUT2D eigenvalue weighted by Crippen LogP contribution is -2.30. The molecule has 17 nitrogen and oxygen atoms in total. The molecule has 0 heterocycles. The van der Waals surface area contributed by atoms with Crippen molar-refractivity contribution in [3.63, 3.8) is 0 Å². The predicted octanol–water partition coefficient (Wildman–Crippen LogP) is 27.1. The van der Waals surface area contributed by atoms with Crippen LogP contribution in [0.3, 0.4) is 0 Å². The Labute approximate surface area is 664 Å². The van der Waals surface area contributed by atoms with Gasteiger partial charge in [-0.15, -0.1) is 0 Å². The van der Waals surface area contributed by atoms with Crippen LogP contribution in [0.25, 0.3) is 0 Å². The Morgan fingerprint density at radius 2 is 0.444 bits per heavy atom. The van der Waals surface area contributed by atoms with Crippen LogP contribution in [-0.4, -0.2) is 96.7 Å². The van der Waals surface area contributed by atoms with Crippen molar-refractivity contribution >= 4 is 39.5 Å². The first kappa shape index (κ1) is 106. The summed E-state index contributed by atoms with van der Waals surface area (Å²) in [5, 5.41) is 10.7. The second-order valence-electron chi connectivity index (χ2n) is 33.7. The van der Waals surface area contributed by atoms with E-state index in [1.807, 2.05) is 0 Å². The monoisotopic (exact) mass is 1580 g/mol. The first-order valence-corrected chi connectivity index (χ1v) is 48.7. The average Bonchev–Trinajstić information content (AvgIpc) is 0.905. The molecule has 0 saturated heterocycles. The first-order chi connectivity index (χ1) is 52.1. The van der Waals surface area contributed by atoms with Gasteiger partial charge in [0.25, 0.3) is 0 Å². The maximum atomic E-state index is 13.2. The van der Waals surface area contributed by atoms with E-state index in [0.29, 0.717) is 31.6 Å². The highest BCUT2D eigenvalue weighted by Gasteiger charge is 2.31. The van der Waals surface area contributed by atoms with Crippen LogP contribution in [0, 0.1) is 23.7 Å². The summed E-state index contributed by atoms with van der Waals surface area (Å²) in [5.41, 5.74) is 0. The zero-order valence-corrected chi connectivity index (χ0v) is 73.3. The fraction of sp³-hybridized carbons (Fsp3) is 0.955. The number of rotatable bonds is 86. The lowest BCUT2D eigenvalue weighted by Gasteiger charge is -2.21. The smallest absolute Gasteiger partial charge is 0.462 e. The Bertz CT molecular complexity index is 2100. The van der Waals surface area contributed by atoms with Gasteiger partial charge in [0, 0.05) is 25.7 Å². The molecular weight excluding hydrogens is 1400 g/mol. The zero-order valence-electron chi connectivity index (χ0n) is 71.5. The Kier molecular flexibility index (Phi) is 76.2. The van der Waals surface area contributed by atoms with Gasteiger partial charge in [-0.2, -0.15) is 0 Å². The molecule has 0 aromatic rings. The zero-order chi connectivity index (χ0) is 79.5. The molecular formula is C89H174O17P2. The van der Waals surface area contributed by atoms with E-state index in [4.69, 9.17) is 37.0 Å². The maximum Gasteiger partial charge on any atom is 0.472 e. The summed E-state index contributed by atoms with van der Waals surface area (Å²) in [6.45, 7) is 14.4. The summed E-state index contributed by atoms with van der Waals surface area (Å²) < 4.78 is 69.0. The Morgan fingerprint density at radius 1 is 0.259 bits per heavy atom. The third kappa shape index (κ3) is 80.7. The molecule has 642 valence electrons. The van der Waals surface area contributed by atoms with Gasteiger partial charge in [-0.25, -0.2) is 9.13 Å². The summed E-state index contributed by atoms with van der Waals surface area (Å²) in [5.74, 6) is 1.08. The molecule has 0 radical (unpaired) electrons. The predicted molar refractivity (Wildman–Crippen MR) is 446 cm³/mol. The van der Waals surface area contributed by atoms with Gasteiger partial charge in [0.15, 0.2) is 12.2 Å². The number of carbonyl (C=O) groups excluding carboxylic acids is 4. The molecule has 108 heavy (non-hydrogen) atoms. The quantitative estimate of drug-likeness (QED) is 0.0222. The molecule has 0 aliphatic rings. The fourth-order valence-electron chi connectivity index (χ4n) is 13.8. The van der Waals surface area contributed by atoms with E-state index in [1.54, 1.807) is 0 Å². The van der Waals surface area contributed by atoms with Crippen LogP contribution in [0.1, 0.15) is 466 Å². The van der Waals surface area contributed by atoms with Crippen LogP contribution in [0.2, 0.25) is 0 Å². The van der Waals surface area contributed by atoms with Gasteiger partial charge in [-0.1, -0.05) is 415 Å². The van der Waals surface area contributed by atoms with Gasteiger partial charge in [0.2, 0.25) is 0 Å². The van der Waals surface area contributed by atoms with E-state index in [9.17, 15) is 43.2 Å². The van der Waals surface area contributed by atoms with Crippen molar-refractivity contribution in [2.24, 2.45) is 23.7 Å². The number of hydrogen-bond acceptors (Lipinski definition) is 15. The molecule has 0 amide bonds. The molecule has 0 saturated carbocycles. The summed E-state index contributed by atoms with van der Waals surface area (Å²) in [7, 11) is -9.93. The van der Waals surface area contributed by atoms with Crippen molar-refractivity contribution in [1.82, 2.24) is 0 Å². The van der Waals surface area contributed by atoms with E-state index < -0.39 is 97.5 Å². The third-order valence-electron chi connectivity index (χ3n) is 21.2. The van der Waals surface area contributed by atoms with Crippen molar-refractivity contribution in [2.45, 2.75) is 485 Å². The van der Waals surface area contributed by atoms with Crippen LogP contribution in [0.4, 0.5) is 0 Å². The highest BCUT2D eigenvalue weighted by molar-refractivity contribution is 7.47. The minimum Gasteiger partial charge on any atom is -0.462 e. The number of unbranched alkanes of at least 4 members (excludes halogenated alkanes) is 51. The standard InChI is InChI=1S/C89H174O17P2/c1-9-82(8)68-60-52-44-36-30-24-17-12-10-11-13-18-25-31-37-45-53-61-69-86(91)99-75-84(105-88(93)71-63-55-46-38-32-26-19-15-14-16-22-28-34-41-49-57-65-79(2)3)77-103-107(95,96)101-73-83(90)74-102-108(97,98)104-78-85(76-100-87(92)70-62-54-48-40-43-51-59-67-81(6)7)106-89(94)72-64-56-47-39-33-27-21-20-23-29-35-42-50-58-66-80(4)5/h79-85,90H,9-78H2,1-8H3,(H,95,96)(H,97,98)/t82?,83?,84-,85-/m1/s1. The fourth-order valence-corrected chi connectivity index (χ4v) is 15.4. The minimum absolute atomic E-state index is 0.107. The van der Waals surface area contributed by atoms with E-state index in [1.165, 1.54) is 263 Å². The SMILES string of the molecule is CCC(C)CCCCCCCCCCCCCCCCCCCCC(=O)OC[C@H](COP(=O)(O)OCC(O)COP(=O)(O)OC[C@@H](COC(=O)CCCCCCCCCC(C)C)OC(=O)CCCCCCCCCCCCCCCCC(C)C)OC(=O)CCCCCCCCCCCCCCCCCCC(C)C. The normalized spacial score (nSPS) is 14.1. The molecule has 4 unspecified atom stereocenters. The van der Waals surface area contributed by atoms with Gasteiger partial charge in [0.1, 0.15) is 19.3 Å². The maximum absolute atomic E-state index is 13.2. The molecule has 3 N–H and O–H groups in total. The first-order valence-electron chi connectivity index (χ1n) is 45.7. The van der Waals surface area contributed by atoms with Crippen LogP contribution in [-0.2, 0) is 65.4 Å². The lowest BCUT2D eigenvalue weighted by atomic mass is 9.99. The van der Waals surface area contributed by atoms with Crippen LogP contribution in [0.15, 0.2) is 0 Å². The number of aliphatic hydroxyl groups excluding tert-OH is 1. The molecule has 0 aliphatic carbocycles. The molecule has 0 rings (SSSR count). The summed E-state index contributed by atoms with van der Waals surface area (Å²) in [6.07, 6.45) is 68.2. The van der Waals surface area contributed by atoms with E-state index >= 15 is 0 Å². The van der Waals surface area contributed by atoms with E-state index in [2.05, 4.69) is 55.4 Å². The highest BCUT2D eigenvalue weighted by atomic mass is 31.2. The topological polar surface area (TPSA) is 237 Å². The number of phosphoric acid groups is 2. The van der Waals surface area contributed by atoms with Crippen molar-refractivity contribution in [3.05, 3.63) is 0 Å².